The van der Waals surface area contributed by atoms with Crippen LogP contribution in [0.5, 0.6) is 5.75 Å². The number of pyridine rings is 1. The number of amides is 1. The van der Waals surface area contributed by atoms with Crippen LogP contribution in [0.2, 0.25) is 0 Å². The maximum absolute atomic E-state index is 12.4. The summed E-state index contributed by atoms with van der Waals surface area (Å²) in [6, 6.07) is 10.6. The van der Waals surface area contributed by atoms with Crippen molar-refractivity contribution in [3.63, 3.8) is 0 Å². The Hall–Kier alpha value is -3.09. The molecule has 0 fully saturated rings. The van der Waals surface area contributed by atoms with Crippen molar-refractivity contribution < 1.29 is 19.1 Å². The Labute approximate surface area is 165 Å². The molecule has 0 spiro atoms. The Bertz CT molecular complexity index is 777. The van der Waals surface area contributed by atoms with Gasteiger partial charge in [0.25, 0.3) is 5.91 Å². The molecule has 0 radical (unpaired) electrons. The van der Waals surface area contributed by atoms with E-state index in [1.165, 1.54) is 0 Å². The first kappa shape index (κ1) is 21.2. The zero-order chi connectivity index (χ0) is 20.4. The monoisotopic (exact) mass is 385 g/mol. The van der Waals surface area contributed by atoms with Crippen LogP contribution in [-0.2, 0) is 9.53 Å². The van der Waals surface area contributed by atoms with Crippen LogP contribution in [0.15, 0.2) is 42.6 Å². The second-order valence-electron chi connectivity index (χ2n) is 6.32. The van der Waals surface area contributed by atoms with Crippen LogP contribution in [0.3, 0.4) is 0 Å². The van der Waals surface area contributed by atoms with Crippen LogP contribution in [0.4, 0.5) is 11.5 Å². The van der Waals surface area contributed by atoms with E-state index in [1.807, 2.05) is 45.0 Å². The first-order chi connectivity index (χ1) is 13.5. The van der Waals surface area contributed by atoms with Crippen molar-refractivity contribution in [2.75, 3.05) is 18.5 Å². The number of carbonyl (C=O) groups excluding carboxylic acids is 2. The molecule has 1 unspecified atom stereocenters. The van der Waals surface area contributed by atoms with Gasteiger partial charge in [0.2, 0.25) is 0 Å². The Morgan fingerprint density at radius 3 is 2.57 bits per heavy atom. The van der Waals surface area contributed by atoms with Gasteiger partial charge in [0.1, 0.15) is 17.1 Å². The van der Waals surface area contributed by atoms with E-state index < -0.39 is 5.97 Å². The van der Waals surface area contributed by atoms with Crippen molar-refractivity contribution in [2.45, 2.75) is 39.7 Å². The summed E-state index contributed by atoms with van der Waals surface area (Å²) >= 11 is 0. The summed E-state index contributed by atoms with van der Waals surface area (Å²) < 4.78 is 10.6. The van der Waals surface area contributed by atoms with E-state index in [4.69, 9.17) is 9.47 Å². The van der Waals surface area contributed by atoms with Gasteiger partial charge in [0.15, 0.2) is 6.61 Å². The molecule has 1 heterocycles. The molecule has 0 bridgehead atoms. The standard InChI is InChI=1S/C21H27N3O4/c1-4-7-15(3)23-19(25)14-28-21(26)18-8-6-13-22-20(18)24-16-9-11-17(12-10-16)27-5-2/h6,8-13,15H,4-5,7,14H2,1-3H3,(H,22,24)(H,23,25). The summed E-state index contributed by atoms with van der Waals surface area (Å²) in [5.74, 6) is 0.187. The number of nitrogens with zero attached hydrogens (tertiary/aromatic N) is 1. The van der Waals surface area contributed by atoms with Gasteiger partial charge in [-0.1, -0.05) is 13.3 Å². The lowest BCUT2D eigenvalue weighted by Gasteiger charge is -2.14. The maximum atomic E-state index is 12.4. The number of ether oxygens (including phenoxy) is 2. The molecule has 7 nitrogen and oxygen atoms in total. The lowest BCUT2D eigenvalue weighted by atomic mass is 10.2. The highest BCUT2D eigenvalue weighted by Gasteiger charge is 2.16. The molecule has 1 amide bonds. The maximum Gasteiger partial charge on any atom is 0.342 e. The van der Waals surface area contributed by atoms with Crippen molar-refractivity contribution in [2.24, 2.45) is 0 Å². The predicted octanol–water partition coefficient (Wildman–Crippen LogP) is 3.69. The summed E-state index contributed by atoms with van der Waals surface area (Å²) in [6.45, 7) is 6.15. The van der Waals surface area contributed by atoms with Crippen molar-refractivity contribution in [1.29, 1.82) is 0 Å². The fourth-order valence-electron chi connectivity index (χ4n) is 2.64. The van der Waals surface area contributed by atoms with E-state index in [-0.39, 0.29) is 24.1 Å². The molecule has 7 heteroatoms. The summed E-state index contributed by atoms with van der Waals surface area (Å²) in [4.78, 5) is 28.5. The molecule has 0 saturated heterocycles. The van der Waals surface area contributed by atoms with Crippen molar-refractivity contribution >= 4 is 23.4 Å². The summed E-state index contributed by atoms with van der Waals surface area (Å²) in [5, 5.41) is 5.89. The zero-order valence-corrected chi connectivity index (χ0v) is 16.5. The van der Waals surface area contributed by atoms with Gasteiger partial charge in [0.05, 0.1) is 6.61 Å². The molecule has 1 atom stereocenters. The van der Waals surface area contributed by atoms with Gasteiger partial charge in [-0.3, -0.25) is 4.79 Å². The molecule has 150 valence electrons. The summed E-state index contributed by atoms with van der Waals surface area (Å²) in [5.41, 5.74) is 1.01. The second-order valence-corrected chi connectivity index (χ2v) is 6.32. The normalized spacial score (nSPS) is 11.4. The molecule has 1 aromatic carbocycles. The average Bonchev–Trinajstić information content (AvgIpc) is 2.68. The van der Waals surface area contributed by atoms with Crippen LogP contribution in [-0.4, -0.2) is 36.1 Å². The first-order valence-electron chi connectivity index (χ1n) is 9.44. The van der Waals surface area contributed by atoms with E-state index >= 15 is 0 Å². The number of carbonyl (C=O) groups is 2. The molecule has 0 saturated carbocycles. The van der Waals surface area contributed by atoms with E-state index in [2.05, 4.69) is 15.6 Å². The number of nitrogens with one attached hydrogen (secondary N) is 2. The number of hydrogen-bond donors (Lipinski definition) is 2. The van der Waals surface area contributed by atoms with Crippen molar-refractivity contribution in [1.82, 2.24) is 10.3 Å². The highest BCUT2D eigenvalue weighted by molar-refractivity contribution is 5.96. The number of anilines is 2. The highest BCUT2D eigenvalue weighted by Crippen LogP contribution is 2.21. The third-order valence-electron chi connectivity index (χ3n) is 3.92. The largest absolute Gasteiger partial charge is 0.494 e. The minimum atomic E-state index is -0.611. The topological polar surface area (TPSA) is 89.5 Å². The molecule has 0 aliphatic rings. The fraction of sp³-hybridized carbons (Fsp3) is 0.381. The molecular weight excluding hydrogens is 358 g/mol. The zero-order valence-electron chi connectivity index (χ0n) is 16.5. The second kappa shape index (κ2) is 10.9. The Morgan fingerprint density at radius 2 is 1.89 bits per heavy atom. The van der Waals surface area contributed by atoms with Gasteiger partial charge >= 0.3 is 5.97 Å². The van der Waals surface area contributed by atoms with Gasteiger partial charge in [-0.2, -0.15) is 0 Å². The van der Waals surface area contributed by atoms with Gasteiger partial charge in [-0.05, 0) is 56.7 Å². The molecule has 2 rings (SSSR count). The number of esters is 1. The van der Waals surface area contributed by atoms with E-state index in [1.54, 1.807) is 18.3 Å². The van der Waals surface area contributed by atoms with Crippen LogP contribution in [0.25, 0.3) is 0 Å². The summed E-state index contributed by atoms with van der Waals surface area (Å²) in [7, 11) is 0. The molecule has 2 N–H and O–H groups in total. The fourth-order valence-corrected chi connectivity index (χ4v) is 2.64. The van der Waals surface area contributed by atoms with Gasteiger partial charge < -0.3 is 20.1 Å². The SMILES string of the molecule is CCCC(C)NC(=O)COC(=O)c1cccnc1Nc1ccc(OCC)cc1. The number of benzene rings is 1. The van der Waals surface area contributed by atoms with Crippen molar-refractivity contribution in [3.05, 3.63) is 48.2 Å². The summed E-state index contributed by atoms with van der Waals surface area (Å²) in [6.07, 6.45) is 3.42. The smallest absolute Gasteiger partial charge is 0.342 e. The number of hydrogen-bond acceptors (Lipinski definition) is 6. The molecule has 2 aromatic rings. The molecule has 0 aliphatic heterocycles. The highest BCUT2D eigenvalue weighted by atomic mass is 16.5. The Kier molecular flexibility index (Phi) is 8.27. The van der Waals surface area contributed by atoms with Crippen LogP contribution >= 0.6 is 0 Å². The minimum Gasteiger partial charge on any atom is -0.494 e. The number of aromatic nitrogens is 1. The average molecular weight is 385 g/mol. The Balaban J connectivity index is 1.98. The lowest BCUT2D eigenvalue weighted by Crippen LogP contribution is -2.35. The molecular formula is C21H27N3O4. The molecule has 0 aliphatic carbocycles. The molecule has 1 aromatic heterocycles. The first-order valence-corrected chi connectivity index (χ1v) is 9.44. The van der Waals surface area contributed by atoms with E-state index in [0.717, 1.165) is 24.3 Å². The third kappa shape index (κ3) is 6.57. The van der Waals surface area contributed by atoms with Crippen molar-refractivity contribution in [3.8, 4) is 5.75 Å². The lowest BCUT2D eigenvalue weighted by molar-refractivity contribution is -0.124. The predicted molar refractivity (Wildman–Crippen MR) is 108 cm³/mol. The van der Waals surface area contributed by atoms with E-state index in [9.17, 15) is 9.59 Å². The molecule has 28 heavy (non-hydrogen) atoms. The van der Waals surface area contributed by atoms with Crippen LogP contribution < -0.4 is 15.4 Å². The Morgan fingerprint density at radius 1 is 1.14 bits per heavy atom. The minimum absolute atomic E-state index is 0.0477. The van der Waals surface area contributed by atoms with E-state index in [0.29, 0.717) is 12.4 Å². The van der Waals surface area contributed by atoms with Gasteiger partial charge in [0, 0.05) is 17.9 Å². The van der Waals surface area contributed by atoms with Crippen LogP contribution in [0.1, 0.15) is 44.0 Å². The van der Waals surface area contributed by atoms with Gasteiger partial charge in [-0.25, -0.2) is 9.78 Å². The number of rotatable bonds is 10. The van der Waals surface area contributed by atoms with Gasteiger partial charge in [-0.15, -0.1) is 0 Å². The van der Waals surface area contributed by atoms with Crippen LogP contribution in [0, 0.1) is 0 Å². The third-order valence-corrected chi connectivity index (χ3v) is 3.92. The quantitative estimate of drug-likeness (QED) is 0.607.